The van der Waals surface area contributed by atoms with Gasteiger partial charge in [-0.25, -0.2) is 4.39 Å². The van der Waals surface area contributed by atoms with Crippen LogP contribution in [0.3, 0.4) is 0 Å². The Balaban J connectivity index is 1.89. The summed E-state index contributed by atoms with van der Waals surface area (Å²) in [6.07, 6.45) is 2.78. The van der Waals surface area contributed by atoms with Crippen LogP contribution in [0.2, 0.25) is 5.02 Å². The van der Waals surface area contributed by atoms with E-state index in [1.165, 1.54) is 34.1 Å². The van der Waals surface area contributed by atoms with Gasteiger partial charge in [0.25, 0.3) is 5.91 Å². The largest absolute Gasteiger partial charge is 0.345 e. The van der Waals surface area contributed by atoms with Crippen LogP contribution in [-0.2, 0) is 13.6 Å². The Bertz CT molecular complexity index is 995. The molecule has 0 saturated carbocycles. The molecule has 0 aliphatic rings. The highest BCUT2D eigenvalue weighted by atomic mass is 35.5. The van der Waals surface area contributed by atoms with Gasteiger partial charge in [0.1, 0.15) is 17.0 Å². The molecular weight excluding hydrogens is 335 g/mol. The SMILES string of the molecule is CN(Cc1ccc(Cl)c(F)c1)C(=O)c1c[nH]c2c(cnn2C)c1=O. The first kappa shape index (κ1) is 16.2. The number of hydrogen-bond donors (Lipinski definition) is 1. The van der Waals surface area contributed by atoms with Crippen molar-refractivity contribution in [3.63, 3.8) is 0 Å². The average molecular weight is 349 g/mol. The van der Waals surface area contributed by atoms with Crippen molar-refractivity contribution >= 4 is 28.5 Å². The van der Waals surface area contributed by atoms with Crippen molar-refractivity contribution in [2.24, 2.45) is 7.05 Å². The quantitative estimate of drug-likeness (QED) is 0.789. The molecule has 0 aliphatic carbocycles. The first-order chi connectivity index (χ1) is 11.4. The third-order valence-corrected chi connectivity index (χ3v) is 4.07. The monoisotopic (exact) mass is 348 g/mol. The number of amides is 1. The van der Waals surface area contributed by atoms with Gasteiger partial charge in [-0.15, -0.1) is 0 Å². The maximum absolute atomic E-state index is 13.5. The molecule has 0 fully saturated rings. The molecule has 0 saturated heterocycles. The molecule has 0 spiro atoms. The number of carbonyl (C=O) groups is 1. The first-order valence-electron chi connectivity index (χ1n) is 7.11. The van der Waals surface area contributed by atoms with E-state index in [1.54, 1.807) is 20.2 Å². The molecule has 24 heavy (non-hydrogen) atoms. The van der Waals surface area contributed by atoms with Crippen molar-refractivity contribution < 1.29 is 9.18 Å². The van der Waals surface area contributed by atoms with Gasteiger partial charge in [0.05, 0.1) is 16.6 Å². The number of hydrogen-bond acceptors (Lipinski definition) is 3. The summed E-state index contributed by atoms with van der Waals surface area (Å²) >= 11 is 5.64. The number of halogens is 2. The normalized spacial score (nSPS) is 11.0. The number of aromatic nitrogens is 3. The molecule has 1 N–H and O–H groups in total. The van der Waals surface area contributed by atoms with Gasteiger partial charge in [-0.3, -0.25) is 14.3 Å². The lowest BCUT2D eigenvalue weighted by Crippen LogP contribution is -2.30. The maximum Gasteiger partial charge on any atom is 0.259 e. The number of H-pyrrole nitrogens is 1. The first-order valence-corrected chi connectivity index (χ1v) is 7.49. The standard InChI is InChI=1S/C16H14ClFN4O2/c1-21(8-9-3-4-12(17)13(18)5-9)16(24)11-6-19-15-10(14(11)23)7-20-22(15)2/h3-7H,8H2,1-2H3,(H,19,23). The molecule has 3 rings (SSSR count). The second-order valence-corrected chi connectivity index (χ2v) is 5.88. The summed E-state index contributed by atoms with van der Waals surface area (Å²) < 4.78 is 15.0. The minimum atomic E-state index is -0.551. The maximum atomic E-state index is 13.5. The molecule has 6 nitrogen and oxygen atoms in total. The summed E-state index contributed by atoms with van der Waals surface area (Å²) in [6.45, 7) is 0.150. The van der Waals surface area contributed by atoms with Crippen molar-refractivity contribution in [3.05, 3.63) is 62.8 Å². The third kappa shape index (κ3) is 2.78. The zero-order valence-electron chi connectivity index (χ0n) is 13.0. The predicted octanol–water partition coefficient (Wildman–Crippen LogP) is 2.33. The number of carbonyl (C=O) groups excluding carboxylic acids is 1. The Kier molecular flexibility index (Phi) is 4.11. The molecule has 1 amide bonds. The van der Waals surface area contributed by atoms with Gasteiger partial charge in [0.2, 0.25) is 5.43 Å². The van der Waals surface area contributed by atoms with Crippen molar-refractivity contribution in [1.29, 1.82) is 0 Å². The van der Waals surface area contributed by atoms with E-state index in [0.717, 1.165) is 0 Å². The van der Waals surface area contributed by atoms with Crippen LogP contribution in [0.4, 0.5) is 4.39 Å². The smallest absolute Gasteiger partial charge is 0.259 e. The topological polar surface area (TPSA) is 71.0 Å². The summed E-state index contributed by atoms with van der Waals surface area (Å²) in [5.41, 5.74) is 0.731. The van der Waals surface area contributed by atoms with Crippen molar-refractivity contribution in [3.8, 4) is 0 Å². The van der Waals surface area contributed by atoms with Gasteiger partial charge in [-0.05, 0) is 17.7 Å². The molecule has 0 bridgehead atoms. The highest BCUT2D eigenvalue weighted by Crippen LogP contribution is 2.17. The molecule has 8 heteroatoms. The fourth-order valence-electron chi connectivity index (χ4n) is 2.47. The zero-order valence-corrected chi connectivity index (χ0v) is 13.8. The van der Waals surface area contributed by atoms with Gasteiger partial charge in [0, 0.05) is 26.8 Å². The second-order valence-electron chi connectivity index (χ2n) is 5.47. The lowest BCUT2D eigenvalue weighted by molar-refractivity contribution is 0.0783. The van der Waals surface area contributed by atoms with Crippen LogP contribution in [0.25, 0.3) is 11.0 Å². The van der Waals surface area contributed by atoms with E-state index in [2.05, 4.69) is 10.1 Å². The molecule has 1 aromatic carbocycles. The highest BCUT2D eigenvalue weighted by Gasteiger charge is 2.18. The molecule has 3 aromatic rings. The fraction of sp³-hybridized carbons (Fsp3) is 0.188. The number of rotatable bonds is 3. The van der Waals surface area contributed by atoms with Crippen LogP contribution in [-0.4, -0.2) is 32.6 Å². The Hall–Kier alpha value is -2.67. The number of fused-ring (bicyclic) bond motifs is 1. The molecule has 0 radical (unpaired) electrons. The van der Waals surface area contributed by atoms with E-state index in [1.807, 2.05) is 0 Å². The molecule has 0 atom stereocenters. The van der Waals surface area contributed by atoms with E-state index in [0.29, 0.717) is 16.6 Å². The van der Waals surface area contributed by atoms with Crippen LogP contribution in [0.5, 0.6) is 0 Å². The third-order valence-electron chi connectivity index (χ3n) is 3.76. The Morgan fingerprint density at radius 1 is 1.46 bits per heavy atom. The van der Waals surface area contributed by atoms with Crippen LogP contribution >= 0.6 is 11.6 Å². The number of aromatic amines is 1. The highest BCUT2D eigenvalue weighted by molar-refractivity contribution is 6.30. The minimum absolute atomic E-state index is 0.00688. The van der Waals surface area contributed by atoms with E-state index in [4.69, 9.17) is 11.6 Å². The summed E-state index contributed by atoms with van der Waals surface area (Å²) in [5.74, 6) is -1.01. The molecule has 0 unspecified atom stereocenters. The Labute approximate surface area is 141 Å². The fourth-order valence-corrected chi connectivity index (χ4v) is 2.59. The second kappa shape index (κ2) is 6.09. The summed E-state index contributed by atoms with van der Waals surface area (Å²) in [5, 5.41) is 4.36. The molecule has 2 heterocycles. The summed E-state index contributed by atoms with van der Waals surface area (Å²) in [6, 6.07) is 4.32. The number of nitrogens with one attached hydrogen (secondary N) is 1. The lowest BCUT2D eigenvalue weighted by Gasteiger charge is -2.17. The van der Waals surface area contributed by atoms with Gasteiger partial charge in [-0.2, -0.15) is 5.10 Å². The Morgan fingerprint density at radius 3 is 2.92 bits per heavy atom. The Morgan fingerprint density at radius 2 is 2.21 bits per heavy atom. The molecule has 0 aliphatic heterocycles. The minimum Gasteiger partial charge on any atom is -0.345 e. The predicted molar refractivity (Wildman–Crippen MR) is 88.5 cm³/mol. The van der Waals surface area contributed by atoms with E-state index >= 15 is 0 Å². The van der Waals surface area contributed by atoms with Crippen molar-refractivity contribution in [2.75, 3.05) is 7.05 Å². The lowest BCUT2D eigenvalue weighted by atomic mass is 10.1. The van der Waals surface area contributed by atoms with Crippen LogP contribution < -0.4 is 5.43 Å². The van der Waals surface area contributed by atoms with Crippen molar-refractivity contribution in [1.82, 2.24) is 19.7 Å². The van der Waals surface area contributed by atoms with Gasteiger partial charge < -0.3 is 9.88 Å². The molecular formula is C16H14ClFN4O2. The van der Waals surface area contributed by atoms with E-state index < -0.39 is 17.2 Å². The van der Waals surface area contributed by atoms with Crippen molar-refractivity contribution in [2.45, 2.75) is 6.54 Å². The average Bonchev–Trinajstić information content (AvgIpc) is 2.93. The van der Waals surface area contributed by atoms with Gasteiger partial charge in [-0.1, -0.05) is 17.7 Å². The summed E-state index contributed by atoms with van der Waals surface area (Å²) in [4.78, 5) is 29.2. The van der Waals surface area contributed by atoms with Crippen LogP contribution in [0.15, 0.2) is 35.4 Å². The van der Waals surface area contributed by atoms with Gasteiger partial charge >= 0.3 is 0 Å². The van der Waals surface area contributed by atoms with Crippen LogP contribution in [0, 0.1) is 5.82 Å². The van der Waals surface area contributed by atoms with E-state index in [-0.39, 0.29) is 17.1 Å². The number of benzene rings is 1. The molecule has 2 aromatic heterocycles. The zero-order chi connectivity index (χ0) is 17.4. The number of aryl methyl sites for hydroxylation is 1. The molecule has 124 valence electrons. The van der Waals surface area contributed by atoms with Gasteiger partial charge in [0.15, 0.2) is 0 Å². The van der Waals surface area contributed by atoms with E-state index in [9.17, 15) is 14.0 Å². The van der Waals surface area contributed by atoms with Crippen LogP contribution in [0.1, 0.15) is 15.9 Å². The number of pyridine rings is 1. The number of nitrogens with zero attached hydrogens (tertiary/aromatic N) is 3. The summed E-state index contributed by atoms with van der Waals surface area (Å²) in [7, 11) is 3.24.